The van der Waals surface area contributed by atoms with Crippen molar-refractivity contribution in [2.75, 3.05) is 26.7 Å². The van der Waals surface area contributed by atoms with E-state index in [1.807, 2.05) is 13.1 Å². The van der Waals surface area contributed by atoms with E-state index in [9.17, 15) is 4.79 Å². The molecule has 0 unspecified atom stereocenters. The fourth-order valence-electron chi connectivity index (χ4n) is 1.08. The number of carbonyl (C=O) groups excluding carboxylic acids is 1. The highest BCUT2D eigenvalue weighted by molar-refractivity contribution is 6.32. The van der Waals surface area contributed by atoms with Crippen LogP contribution in [0, 0.1) is 0 Å². The molecule has 17 heavy (non-hydrogen) atoms. The first kappa shape index (κ1) is 16.0. The minimum atomic E-state index is -0.157. The Hall–Kier alpha value is -0.970. The van der Waals surface area contributed by atoms with Crippen LogP contribution in [0.2, 0.25) is 5.02 Å². The summed E-state index contributed by atoms with van der Waals surface area (Å²) in [5.74, 6) is 0.364. The van der Waals surface area contributed by atoms with Crippen molar-refractivity contribution in [1.82, 2.24) is 10.6 Å². The van der Waals surface area contributed by atoms with Gasteiger partial charge < -0.3 is 15.4 Å². The maximum absolute atomic E-state index is 11.3. The van der Waals surface area contributed by atoms with Gasteiger partial charge in [-0.3, -0.25) is 4.79 Å². The number of nitrogens with one attached hydrogen (secondary N) is 2. The molecule has 1 aromatic rings. The molecule has 0 heterocycles. The smallest absolute Gasteiger partial charge is 0.257 e. The summed E-state index contributed by atoms with van der Waals surface area (Å²) >= 11 is 5.87. The molecule has 0 saturated carbocycles. The summed E-state index contributed by atoms with van der Waals surface area (Å²) in [5, 5.41) is 6.14. The number of amides is 1. The van der Waals surface area contributed by atoms with E-state index in [1.165, 1.54) is 0 Å². The standard InChI is InChI=1S/C11H15ClN2O2.ClH/c1-13-6-7-14-11(15)8-16-10-5-3-2-4-9(10)12;/h2-5,13H,6-8H2,1H3,(H,14,15);1H. The zero-order valence-corrected chi connectivity index (χ0v) is 11.1. The maximum atomic E-state index is 11.3. The maximum Gasteiger partial charge on any atom is 0.257 e. The Labute approximate surface area is 112 Å². The van der Waals surface area contributed by atoms with Gasteiger partial charge in [-0.15, -0.1) is 12.4 Å². The third kappa shape index (κ3) is 6.36. The molecule has 1 aromatic carbocycles. The number of hydrogen-bond donors (Lipinski definition) is 2. The van der Waals surface area contributed by atoms with Crippen molar-refractivity contribution in [2.24, 2.45) is 0 Å². The van der Waals surface area contributed by atoms with Gasteiger partial charge in [0.2, 0.25) is 0 Å². The molecule has 2 N–H and O–H groups in total. The van der Waals surface area contributed by atoms with Crippen LogP contribution in [0.3, 0.4) is 0 Å². The topological polar surface area (TPSA) is 50.4 Å². The zero-order valence-electron chi connectivity index (χ0n) is 9.53. The normalized spacial score (nSPS) is 9.29. The lowest BCUT2D eigenvalue weighted by Crippen LogP contribution is -2.33. The summed E-state index contributed by atoms with van der Waals surface area (Å²) in [6.07, 6.45) is 0. The minimum absolute atomic E-state index is 0. The van der Waals surface area contributed by atoms with Gasteiger partial charge in [0.25, 0.3) is 5.91 Å². The highest BCUT2D eigenvalue weighted by Crippen LogP contribution is 2.22. The Morgan fingerprint density at radius 3 is 2.71 bits per heavy atom. The lowest BCUT2D eigenvalue weighted by molar-refractivity contribution is -0.123. The molecule has 1 amide bonds. The van der Waals surface area contributed by atoms with Gasteiger partial charge in [0.1, 0.15) is 5.75 Å². The van der Waals surface area contributed by atoms with E-state index in [1.54, 1.807) is 18.2 Å². The highest BCUT2D eigenvalue weighted by atomic mass is 35.5. The lowest BCUT2D eigenvalue weighted by Gasteiger charge is -2.08. The molecule has 0 aliphatic rings. The van der Waals surface area contributed by atoms with Crippen LogP contribution in [-0.4, -0.2) is 32.7 Å². The Bertz CT molecular complexity index is 348. The molecule has 0 aliphatic carbocycles. The number of hydrogen-bond acceptors (Lipinski definition) is 3. The van der Waals surface area contributed by atoms with Crippen molar-refractivity contribution in [3.63, 3.8) is 0 Å². The van der Waals surface area contributed by atoms with Gasteiger partial charge in [-0.2, -0.15) is 0 Å². The summed E-state index contributed by atoms with van der Waals surface area (Å²) < 4.78 is 5.26. The third-order valence-electron chi connectivity index (χ3n) is 1.89. The van der Waals surface area contributed by atoms with E-state index in [0.29, 0.717) is 17.3 Å². The summed E-state index contributed by atoms with van der Waals surface area (Å²) in [6.45, 7) is 1.30. The lowest BCUT2D eigenvalue weighted by atomic mass is 10.3. The molecular weight excluding hydrogens is 263 g/mol. The molecule has 0 saturated heterocycles. The molecule has 96 valence electrons. The van der Waals surface area contributed by atoms with Crippen LogP contribution in [0.15, 0.2) is 24.3 Å². The van der Waals surface area contributed by atoms with Crippen LogP contribution >= 0.6 is 24.0 Å². The molecule has 1 rings (SSSR count). The molecule has 0 radical (unpaired) electrons. The highest BCUT2D eigenvalue weighted by Gasteiger charge is 2.04. The summed E-state index contributed by atoms with van der Waals surface area (Å²) in [4.78, 5) is 11.3. The Morgan fingerprint density at radius 1 is 1.35 bits per heavy atom. The van der Waals surface area contributed by atoms with Gasteiger partial charge in [-0.1, -0.05) is 23.7 Å². The number of likely N-dealkylation sites (N-methyl/N-ethyl adjacent to an activating group) is 1. The van der Waals surface area contributed by atoms with Crippen molar-refractivity contribution in [1.29, 1.82) is 0 Å². The molecule has 4 nitrogen and oxygen atoms in total. The van der Waals surface area contributed by atoms with Gasteiger partial charge in [0, 0.05) is 13.1 Å². The first-order valence-electron chi connectivity index (χ1n) is 5.02. The van der Waals surface area contributed by atoms with Gasteiger partial charge in [-0.25, -0.2) is 0 Å². The molecule has 0 bridgehead atoms. The van der Waals surface area contributed by atoms with Crippen LogP contribution in [0.4, 0.5) is 0 Å². The number of ether oxygens (including phenoxy) is 1. The molecule has 0 fully saturated rings. The number of rotatable bonds is 6. The molecule has 6 heteroatoms. The summed E-state index contributed by atoms with van der Waals surface area (Å²) in [5.41, 5.74) is 0. The average molecular weight is 279 g/mol. The van der Waals surface area contributed by atoms with E-state index in [4.69, 9.17) is 16.3 Å². The van der Waals surface area contributed by atoms with Crippen molar-refractivity contribution in [3.8, 4) is 5.75 Å². The largest absolute Gasteiger partial charge is 0.482 e. The van der Waals surface area contributed by atoms with Gasteiger partial charge in [0.15, 0.2) is 6.61 Å². The van der Waals surface area contributed by atoms with Crippen LogP contribution in [0.5, 0.6) is 5.75 Å². The average Bonchev–Trinajstić information content (AvgIpc) is 2.28. The Balaban J connectivity index is 0.00000256. The quantitative estimate of drug-likeness (QED) is 0.775. The second kappa shape index (κ2) is 9.10. The zero-order chi connectivity index (χ0) is 11.8. The predicted octanol–water partition coefficient (Wildman–Crippen LogP) is 1.48. The molecule has 0 aromatic heterocycles. The van der Waals surface area contributed by atoms with Crippen LogP contribution in [0.25, 0.3) is 0 Å². The monoisotopic (exact) mass is 278 g/mol. The second-order valence-electron chi connectivity index (χ2n) is 3.17. The molecule has 0 aliphatic heterocycles. The SMILES string of the molecule is CNCCNC(=O)COc1ccccc1Cl.Cl. The van der Waals surface area contributed by atoms with Crippen molar-refractivity contribution in [3.05, 3.63) is 29.3 Å². The molecule has 0 atom stereocenters. The van der Waals surface area contributed by atoms with E-state index in [2.05, 4.69) is 10.6 Å². The molecular formula is C11H16Cl2N2O2. The number of para-hydroxylation sites is 1. The van der Waals surface area contributed by atoms with E-state index in [0.717, 1.165) is 6.54 Å². The number of halogens is 2. The van der Waals surface area contributed by atoms with Crippen molar-refractivity contribution in [2.45, 2.75) is 0 Å². The fourth-order valence-corrected chi connectivity index (χ4v) is 1.27. The van der Waals surface area contributed by atoms with Gasteiger partial charge in [0.05, 0.1) is 5.02 Å². The predicted molar refractivity (Wildman–Crippen MR) is 71.1 cm³/mol. The van der Waals surface area contributed by atoms with E-state index >= 15 is 0 Å². The third-order valence-corrected chi connectivity index (χ3v) is 2.20. The molecule has 0 spiro atoms. The second-order valence-corrected chi connectivity index (χ2v) is 3.58. The van der Waals surface area contributed by atoms with Gasteiger partial charge >= 0.3 is 0 Å². The summed E-state index contributed by atoms with van der Waals surface area (Å²) in [6, 6.07) is 7.06. The Kier molecular flexibility index (Phi) is 8.58. The number of carbonyl (C=O) groups is 1. The van der Waals surface area contributed by atoms with Crippen LogP contribution < -0.4 is 15.4 Å². The fraction of sp³-hybridized carbons (Fsp3) is 0.364. The van der Waals surface area contributed by atoms with Crippen LogP contribution in [-0.2, 0) is 4.79 Å². The van der Waals surface area contributed by atoms with Crippen molar-refractivity contribution < 1.29 is 9.53 Å². The summed E-state index contributed by atoms with van der Waals surface area (Å²) in [7, 11) is 1.83. The van der Waals surface area contributed by atoms with Gasteiger partial charge in [-0.05, 0) is 19.2 Å². The van der Waals surface area contributed by atoms with E-state index in [-0.39, 0.29) is 24.9 Å². The van der Waals surface area contributed by atoms with Crippen molar-refractivity contribution >= 4 is 29.9 Å². The Morgan fingerprint density at radius 2 is 2.06 bits per heavy atom. The minimum Gasteiger partial charge on any atom is -0.482 e. The first-order valence-corrected chi connectivity index (χ1v) is 5.40. The number of benzene rings is 1. The van der Waals surface area contributed by atoms with Crippen LogP contribution in [0.1, 0.15) is 0 Å². The van der Waals surface area contributed by atoms with E-state index < -0.39 is 0 Å². The first-order chi connectivity index (χ1) is 7.74.